The number of methoxy groups -OCH3 is 2. The fraction of sp³-hybridized carbons (Fsp3) is 0.750. The lowest BCUT2D eigenvalue weighted by Crippen LogP contribution is -2.53. The maximum Gasteiger partial charge on any atom is 0.407 e. The topological polar surface area (TPSA) is 93.7 Å². The zero-order chi connectivity index (χ0) is 15.0. The molecule has 0 saturated carbocycles. The summed E-state index contributed by atoms with van der Waals surface area (Å²) in [6, 6.07) is -1.53. The molecular weight excluding hydrogens is 252 g/mol. The fourth-order valence-corrected chi connectivity index (χ4v) is 1.43. The standard InChI is InChI=1S/C12H22N2O5/c1-6-7(2)9(14-12(17)19-5)10(15)13-8(3)11(16)18-4/h7-9H,6H2,1-5H3,(H,13,15)(H,14,17). The molecule has 0 rings (SSSR count). The molecule has 3 atom stereocenters. The minimum atomic E-state index is -0.775. The molecule has 3 unspecified atom stereocenters. The summed E-state index contributed by atoms with van der Waals surface area (Å²) in [4.78, 5) is 34.5. The van der Waals surface area contributed by atoms with Crippen LogP contribution in [0.1, 0.15) is 27.2 Å². The van der Waals surface area contributed by atoms with Crippen LogP contribution in [0.25, 0.3) is 0 Å². The molecule has 2 amide bonds. The van der Waals surface area contributed by atoms with E-state index >= 15 is 0 Å². The molecule has 0 fully saturated rings. The van der Waals surface area contributed by atoms with E-state index in [-0.39, 0.29) is 5.92 Å². The van der Waals surface area contributed by atoms with Gasteiger partial charge >= 0.3 is 12.1 Å². The van der Waals surface area contributed by atoms with Crippen molar-refractivity contribution in [2.24, 2.45) is 5.92 Å². The molecule has 7 heteroatoms. The smallest absolute Gasteiger partial charge is 0.407 e. The van der Waals surface area contributed by atoms with E-state index in [0.717, 1.165) is 0 Å². The van der Waals surface area contributed by atoms with Crippen LogP contribution in [-0.2, 0) is 19.1 Å². The third-order valence-electron chi connectivity index (χ3n) is 2.87. The maximum atomic E-state index is 12.0. The maximum absolute atomic E-state index is 12.0. The van der Waals surface area contributed by atoms with Gasteiger partial charge in [0.15, 0.2) is 0 Å². The van der Waals surface area contributed by atoms with Crippen LogP contribution in [0.2, 0.25) is 0 Å². The SMILES string of the molecule is CCC(C)C(NC(=O)OC)C(=O)NC(C)C(=O)OC. The summed E-state index contributed by atoms with van der Waals surface area (Å²) in [5.41, 5.74) is 0. The van der Waals surface area contributed by atoms with E-state index in [9.17, 15) is 14.4 Å². The Hall–Kier alpha value is -1.79. The van der Waals surface area contributed by atoms with Crippen LogP contribution in [0, 0.1) is 5.92 Å². The van der Waals surface area contributed by atoms with E-state index in [4.69, 9.17) is 0 Å². The summed E-state index contributed by atoms with van der Waals surface area (Å²) in [6.07, 6.45) is 0.000442. The molecule has 0 heterocycles. The Kier molecular flexibility index (Phi) is 7.55. The molecule has 0 aromatic carbocycles. The van der Waals surface area contributed by atoms with Crippen molar-refractivity contribution in [3.63, 3.8) is 0 Å². The Labute approximate surface area is 113 Å². The van der Waals surface area contributed by atoms with Gasteiger partial charge in [0.2, 0.25) is 5.91 Å². The van der Waals surface area contributed by atoms with Gasteiger partial charge in [-0.3, -0.25) is 4.79 Å². The van der Waals surface area contributed by atoms with Gasteiger partial charge in [-0.1, -0.05) is 20.3 Å². The molecule has 19 heavy (non-hydrogen) atoms. The van der Waals surface area contributed by atoms with Gasteiger partial charge in [-0.25, -0.2) is 9.59 Å². The Morgan fingerprint density at radius 3 is 2.05 bits per heavy atom. The lowest BCUT2D eigenvalue weighted by Gasteiger charge is -2.24. The molecule has 7 nitrogen and oxygen atoms in total. The lowest BCUT2D eigenvalue weighted by molar-refractivity contribution is -0.144. The van der Waals surface area contributed by atoms with Gasteiger partial charge in [-0.15, -0.1) is 0 Å². The average molecular weight is 274 g/mol. The van der Waals surface area contributed by atoms with E-state index in [0.29, 0.717) is 6.42 Å². The molecule has 0 saturated heterocycles. The third kappa shape index (κ3) is 5.58. The molecule has 110 valence electrons. The number of carbonyl (C=O) groups is 3. The van der Waals surface area contributed by atoms with E-state index < -0.39 is 30.1 Å². The molecule has 2 N–H and O–H groups in total. The molecular formula is C12H22N2O5. The summed E-state index contributed by atoms with van der Waals surface area (Å²) in [5.74, 6) is -1.09. The molecule has 0 aliphatic rings. The van der Waals surface area contributed by atoms with Crippen LogP contribution < -0.4 is 10.6 Å². The van der Waals surface area contributed by atoms with Gasteiger partial charge in [0.05, 0.1) is 14.2 Å². The fourth-order valence-electron chi connectivity index (χ4n) is 1.43. The van der Waals surface area contributed by atoms with Crippen LogP contribution in [0.4, 0.5) is 4.79 Å². The summed E-state index contributed by atoms with van der Waals surface area (Å²) >= 11 is 0. The van der Waals surface area contributed by atoms with Gasteiger partial charge in [0.25, 0.3) is 0 Å². The highest BCUT2D eigenvalue weighted by molar-refractivity contribution is 5.89. The molecule has 0 bridgehead atoms. The highest BCUT2D eigenvalue weighted by atomic mass is 16.5. The third-order valence-corrected chi connectivity index (χ3v) is 2.87. The number of nitrogens with one attached hydrogen (secondary N) is 2. The molecule has 0 radical (unpaired) electrons. The number of ether oxygens (including phenoxy) is 2. The number of esters is 1. The van der Waals surface area contributed by atoms with Gasteiger partial charge in [0.1, 0.15) is 12.1 Å². The first-order valence-corrected chi connectivity index (χ1v) is 6.10. The average Bonchev–Trinajstić information content (AvgIpc) is 2.41. The molecule has 0 aliphatic heterocycles. The second-order valence-corrected chi connectivity index (χ2v) is 4.25. The lowest BCUT2D eigenvalue weighted by atomic mass is 9.98. The number of amides is 2. The minimum absolute atomic E-state index is 0.0936. The number of alkyl carbamates (subject to hydrolysis) is 1. The number of hydrogen-bond acceptors (Lipinski definition) is 5. The van der Waals surface area contributed by atoms with Gasteiger partial charge in [-0.05, 0) is 12.8 Å². The predicted molar refractivity (Wildman–Crippen MR) is 68.4 cm³/mol. The van der Waals surface area contributed by atoms with Crippen LogP contribution in [0.5, 0.6) is 0 Å². The van der Waals surface area contributed by atoms with Crippen molar-refractivity contribution in [1.29, 1.82) is 0 Å². The Morgan fingerprint density at radius 2 is 1.63 bits per heavy atom. The highest BCUT2D eigenvalue weighted by Crippen LogP contribution is 2.08. The first kappa shape index (κ1) is 17.2. The van der Waals surface area contributed by atoms with Crippen molar-refractivity contribution in [3.05, 3.63) is 0 Å². The van der Waals surface area contributed by atoms with Gasteiger partial charge in [0, 0.05) is 0 Å². The minimum Gasteiger partial charge on any atom is -0.467 e. The molecule has 0 aromatic heterocycles. The van der Waals surface area contributed by atoms with Crippen molar-refractivity contribution >= 4 is 18.0 Å². The van der Waals surface area contributed by atoms with E-state index in [1.54, 1.807) is 0 Å². The number of carbonyl (C=O) groups excluding carboxylic acids is 3. The van der Waals surface area contributed by atoms with Gasteiger partial charge in [-0.2, -0.15) is 0 Å². The van der Waals surface area contributed by atoms with Crippen molar-refractivity contribution in [2.75, 3.05) is 14.2 Å². The van der Waals surface area contributed by atoms with E-state index in [1.165, 1.54) is 21.1 Å². The van der Waals surface area contributed by atoms with Crippen molar-refractivity contribution in [3.8, 4) is 0 Å². The molecule has 0 aliphatic carbocycles. The monoisotopic (exact) mass is 274 g/mol. The van der Waals surface area contributed by atoms with Crippen LogP contribution in [-0.4, -0.2) is 44.3 Å². The first-order valence-electron chi connectivity index (χ1n) is 6.10. The second kappa shape index (κ2) is 8.34. The van der Waals surface area contributed by atoms with Crippen molar-refractivity contribution < 1.29 is 23.9 Å². The Morgan fingerprint density at radius 1 is 1.05 bits per heavy atom. The van der Waals surface area contributed by atoms with Crippen LogP contribution in [0.15, 0.2) is 0 Å². The summed E-state index contributed by atoms with van der Waals surface area (Å²) < 4.78 is 8.99. The number of rotatable bonds is 6. The van der Waals surface area contributed by atoms with E-state index in [2.05, 4.69) is 20.1 Å². The van der Waals surface area contributed by atoms with E-state index in [1.807, 2.05) is 13.8 Å². The Bertz CT molecular complexity index is 332. The van der Waals surface area contributed by atoms with Crippen LogP contribution >= 0.6 is 0 Å². The Balaban J connectivity index is 4.71. The largest absolute Gasteiger partial charge is 0.467 e. The van der Waals surface area contributed by atoms with Crippen LogP contribution in [0.3, 0.4) is 0 Å². The molecule has 0 aromatic rings. The normalized spacial score (nSPS) is 14.8. The molecule has 0 spiro atoms. The van der Waals surface area contributed by atoms with Gasteiger partial charge < -0.3 is 20.1 Å². The zero-order valence-corrected chi connectivity index (χ0v) is 12.0. The zero-order valence-electron chi connectivity index (χ0n) is 12.0. The van der Waals surface area contributed by atoms with Crippen molar-refractivity contribution in [2.45, 2.75) is 39.3 Å². The highest BCUT2D eigenvalue weighted by Gasteiger charge is 2.28. The first-order chi connectivity index (χ1) is 8.87. The summed E-state index contributed by atoms with van der Waals surface area (Å²) in [7, 11) is 2.46. The number of hydrogen-bond donors (Lipinski definition) is 2. The summed E-state index contributed by atoms with van der Waals surface area (Å²) in [6.45, 7) is 5.23. The predicted octanol–water partition coefficient (Wildman–Crippen LogP) is 0.435. The second-order valence-electron chi connectivity index (χ2n) is 4.25. The quantitative estimate of drug-likeness (QED) is 0.685. The summed E-state index contributed by atoms with van der Waals surface area (Å²) in [5, 5.41) is 4.95. The van der Waals surface area contributed by atoms with Crippen molar-refractivity contribution in [1.82, 2.24) is 10.6 Å².